The highest BCUT2D eigenvalue weighted by molar-refractivity contribution is 7.97. The van der Waals surface area contributed by atoms with Crippen molar-refractivity contribution in [3.8, 4) is 11.4 Å². The molecule has 6 heteroatoms. The van der Waals surface area contributed by atoms with Crippen molar-refractivity contribution in [2.45, 2.75) is 71.0 Å². The molecule has 1 N–H and O–H groups in total. The number of amides is 1. The fraction of sp³-hybridized carbons (Fsp3) is 0.448. The largest absolute Gasteiger partial charge is 0.347 e. The Kier molecular flexibility index (Phi) is 6.78. The molecule has 0 saturated heterocycles. The maximum absolute atomic E-state index is 13.7. The second kappa shape index (κ2) is 9.82. The second-order valence-corrected chi connectivity index (χ2v) is 12.3. The zero-order valence-electron chi connectivity index (χ0n) is 21.3. The van der Waals surface area contributed by atoms with Crippen molar-refractivity contribution in [1.82, 2.24) is 19.2 Å². The van der Waals surface area contributed by atoms with Crippen molar-refractivity contribution in [1.29, 1.82) is 0 Å². The molecule has 1 aliphatic carbocycles. The molecule has 2 heterocycles. The molecule has 5 nitrogen and oxygen atoms in total. The third-order valence-electron chi connectivity index (χ3n) is 7.09. The summed E-state index contributed by atoms with van der Waals surface area (Å²) in [5.74, 6) is 1.59. The molecule has 1 saturated carbocycles. The SMILES string of the molecule is Cc1ccc(SN2CCn3c(-c4ccccc4)nc(C(=O)NC(CC4CC4)C(C)(C)C)c3C2)cc1. The Bertz CT molecular complexity index is 1180. The topological polar surface area (TPSA) is 50.2 Å². The number of hydrogen-bond donors (Lipinski definition) is 1. The van der Waals surface area contributed by atoms with Gasteiger partial charge in [-0.25, -0.2) is 9.29 Å². The predicted molar refractivity (Wildman–Crippen MR) is 143 cm³/mol. The third-order valence-corrected chi connectivity index (χ3v) is 8.14. The summed E-state index contributed by atoms with van der Waals surface area (Å²) >= 11 is 1.76. The van der Waals surface area contributed by atoms with E-state index in [-0.39, 0.29) is 17.4 Å². The summed E-state index contributed by atoms with van der Waals surface area (Å²) in [6, 6.07) is 19.0. The molecule has 0 spiro atoms. The lowest BCUT2D eigenvalue weighted by Crippen LogP contribution is -2.44. The van der Waals surface area contributed by atoms with Crippen LogP contribution in [-0.4, -0.2) is 32.4 Å². The summed E-state index contributed by atoms with van der Waals surface area (Å²) in [6.45, 7) is 11.2. The van der Waals surface area contributed by atoms with Crippen molar-refractivity contribution >= 4 is 17.9 Å². The van der Waals surface area contributed by atoms with E-state index < -0.39 is 0 Å². The Morgan fingerprint density at radius 1 is 1.09 bits per heavy atom. The van der Waals surface area contributed by atoms with Gasteiger partial charge in [-0.05, 0) is 48.8 Å². The van der Waals surface area contributed by atoms with Crippen LogP contribution in [0.25, 0.3) is 11.4 Å². The number of nitrogens with one attached hydrogen (secondary N) is 1. The molecule has 0 radical (unpaired) electrons. The minimum atomic E-state index is -0.0429. The number of imidazole rings is 1. The van der Waals surface area contributed by atoms with Crippen LogP contribution in [0.5, 0.6) is 0 Å². The van der Waals surface area contributed by atoms with E-state index in [9.17, 15) is 4.79 Å². The Hall–Kier alpha value is -2.57. The molecule has 184 valence electrons. The summed E-state index contributed by atoms with van der Waals surface area (Å²) in [7, 11) is 0. The summed E-state index contributed by atoms with van der Waals surface area (Å²) in [6.07, 6.45) is 3.61. The number of carbonyl (C=O) groups is 1. The standard InChI is InChI=1S/C29H36N4OS/c1-20-10-14-23(15-11-20)35-32-16-17-33-24(19-32)26(31-27(33)22-8-6-5-7-9-22)28(34)30-25(29(2,3)4)18-21-12-13-21/h5-11,14-15,21,25H,12-13,16-19H2,1-4H3,(H,30,34). The van der Waals surface area contributed by atoms with E-state index in [4.69, 9.17) is 4.98 Å². The van der Waals surface area contributed by atoms with E-state index >= 15 is 0 Å². The van der Waals surface area contributed by atoms with Gasteiger partial charge in [-0.3, -0.25) is 4.79 Å². The molecule has 1 unspecified atom stereocenters. The molecular formula is C29H36N4OS. The number of carbonyl (C=O) groups excluding carboxylic acids is 1. The molecule has 1 fully saturated rings. The Morgan fingerprint density at radius 3 is 2.46 bits per heavy atom. The quantitative estimate of drug-likeness (QED) is 0.395. The Morgan fingerprint density at radius 2 is 1.80 bits per heavy atom. The smallest absolute Gasteiger partial charge is 0.272 e. The first-order chi connectivity index (χ1) is 16.8. The first kappa shape index (κ1) is 24.1. The lowest BCUT2D eigenvalue weighted by atomic mass is 9.83. The molecule has 0 bridgehead atoms. The average Bonchev–Trinajstić information content (AvgIpc) is 3.58. The van der Waals surface area contributed by atoms with Gasteiger partial charge in [-0.1, -0.05) is 81.6 Å². The molecule has 1 atom stereocenters. The number of aryl methyl sites for hydroxylation is 1. The lowest BCUT2D eigenvalue weighted by Gasteiger charge is -2.32. The van der Waals surface area contributed by atoms with Gasteiger partial charge in [0.15, 0.2) is 5.69 Å². The van der Waals surface area contributed by atoms with Crippen LogP contribution in [0.2, 0.25) is 0 Å². The Labute approximate surface area is 213 Å². The minimum absolute atomic E-state index is 0.00757. The molecule has 3 aromatic rings. The van der Waals surface area contributed by atoms with Gasteiger partial charge < -0.3 is 9.88 Å². The monoisotopic (exact) mass is 488 g/mol. The third kappa shape index (κ3) is 5.65. The Balaban J connectivity index is 1.44. The zero-order valence-corrected chi connectivity index (χ0v) is 22.1. The van der Waals surface area contributed by atoms with Crippen molar-refractivity contribution in [2.75, 3.05) is 6.54 Å². The first-order valence-electron chi connectivity index (χ1n) is 12.7. The number of aromatic nitrogens is 2. The molecule has 5 rings (SSSR count). The van der Waals surface area contributed by atoms with Gasteiger partial charge >= 0.3 is 0 Å². The van der Waals surface area contributed by atoms with Crippen LogP contribution >= 0.6 is 11.9 Å². The summed E-state index contributed by atoms with van der Waals surface area (Å²) in [4.78, 5) is 19.9. The van der Waals surface area contributed by atoms with E-state index in [2.05, 4.69) is 78.3 Å². The highest BCUT2D eigenvalue weighted by Gasteiger charge is 2.35. The number of benzene rings is 2. The number of hydrogen-bond acceptors (Lipinski definition) is 4. The summed E-state index contributed by atoms with van der Waals surface area (Å²) < 4.78 is 4.60. The molecule has 35 heavy (non-hydrogen) atoms. The van der Waals surface area contributed by atoms with E-state index in [1.165, 1.54) is 23.3 Å². The van der Waals surface area contributed by atoms with Crippen LogP contribution in [0.15, 0.2) is 59.5 Å². The minimum Gasteiger partial charge on any atom is -0.347 e. The van der Waals surface area contributed by atoms with Crippen LogP contribution in [-0.2, 0) is 13.1 Å². The van der Waals surface area contributed by atoms with Gasteiger partial charge in [0.2, 0.25) is 0 Å². The van der Waals surface area contributed by atoms with E-state index in [1.807, 2.05) is 18.2 Å². The van der Waals surface area contributed by atoms with Gasteiger partial charge in [-0.2, -0.15) is 0 Å². The van der Waals surface area contributed by atoms with Crippen molar-refractivity contribution in [3.63, 3.8) is 0 Å². The fourth-order valence-electron chi connectivity index (χ4n) is 4.70. The predicted octanol–water partition coefficient (Wildman–Crippen LogP) is 6.33. The van der Waals surface area contributed by atoms with E-state index in [1.54, 1.807) is 11.9 Å². The highest BCUT2D eigenvalue weighted by Crippen LogP contribution is 2.38. The van der Waals surface area contributed by atoms with Gasteiger partial charge in [-0.15, -0.1) is 0 Å². The maximum atomic E-state index is 13.7. The molecule has 2 aromatic carbocycles. The lowest BCUT2D eigenvalue weighted by molar-refractivity contribution is 0.0887. The van der Waals surface area contributed by atoms with Gasteiger partial charge in [0.05, 0.1) is 12.2 Å². The number of fused-ring (bicyclic) bond motifs is 1. The highest BCUT2D eigenvalue weighted by atomic mass is 32.2. The molecule has 1 amide bonds. The molecule has 1 aliphatic heterocycles. The first-order valence-corrected chi connectivity index (χ1v) is 13.5. The van der Waals surface area contributed by atoms with Gasteiger partial charge in [0.25, 0.3) is 5.91 Å². The van der Waals surface area contributed by atoms with Gasteiger partial charge in [0, 0.05) is 29.6 Å². The van der Waals surface area contributed by atoms with Crippen LogP contribution in [0.4, 0.5) is 0 Å². The molecule has 1 aromatic heterocycles. The van der Waals surface area contributed by atoms with Crippen molar-refractivity contribution in [3.05, 3.63) is 71.5 Å². The van der Waals surface area contributed by atoms with Crippen LogP contribution in [0.3, 0.4) is 0 Å². The van der Waals surface area contributed by atoms with Crippen LogP contribution in [0.1, 0.15) is 61.8 Å². The number of rotatable bonds is 7. The summed E-state index contributed by atoms with van der Waals surface area (Å²) in [5.41, 5.74) is 3.90. The van der Waals surface area contributed by atoms with Crippen molar-refractivity contribution in [2.24, 2.45) is 11.3 Å². The van der Waals surface area contributed by atoms with Gasteiger partial charge in [0.1, 0.15) is 5.82 Å². The van der Waals surface area contributed by atoms with E-state index in [0.717, 1.165) is 42.5 Å². The van der Waals surface area contributed by atoms with Crippen LogP contribution < -0.4 is 5.32 Å². The normalized spacial score (nSPS) is 17.1. The zero-order chi connectivity index (χ0) is 24.6. The molecular weight excluding hydrogens is 452 g/mol. The molecule has 2 aliphatic rings. The van der Waals surface area contributed by atoms with Crippen molar-refractivity contribution < 1.29 is 4.79 Å². The van der Waals surface area contributed by atoms with E-state index in [0.29, 0.717) is 12.2 Å². The van der Waals surface area contributed by atoms with Crippen LogP contribution in [0, 0.1) is 18.3 Å². The second-order valence-electron chi connectivity index (χ2n) is 11.1. The average molecular weight is 489 g/mol. The number of nitrogens with zero attached hydrogens (tertiary/aromatic N) is 3. The maximum Gasteiger partial charge on any atom is 0.272 e. The fourth-order valence-corrected chi connectivity index (χ4v) is 5.62. The summed E-state index contributed by atoms with van der Waals surface area (Å²) in [5, 5.41) is 3.39.